The van der Waals surface area contributed by atoms with Crippen LogP contribution in [0.4, 0.5) is 0 Å². The summed E-state index contributed by atoms with van der Waals surface area (Å²) in [5.41, 5.74) is 7.90. The molecule has 0 saturated heterocycles. The molecule has 48 heavy (non-hydrogen) atoms. The number of aromatic nitrogens is 6. The Hall–Kier alpha value is -6.66. The highest BCUT2D eigenvalue weighted by molar-refractivity contribution is 6.10. The Morgan fingerprint density at radius 3 is 1.40 bits per heavy atom. The van der Waals surface area contributed by atoms with Crippen molar-refractivity contribution in [3.05, 3.63) is 158 Å². The van der Waals surface area contributed by atoms with Crippen molar-refractivity contribution in [1.82, 2.24) is 29.1 Å². The Labute approximate surface area is 275 Å². The predicted molar refractivity (Wildman–Crippen MR) is 195 cm³/mol. The van der Waals surface area contributed by atoms with Gasteiger partial charge in [-0.3, -0.25) is 9.13 Å². The number of benzene rings is 6. The van der Waals surface area contributed by atoms with Gasteiger partial charge in [-0.25, -0.2) is 4.98 Å². The minimum atomic E-state index is 0.559. The van der Waals surface area contributed by atoms with Crippen molar-refractivity contribution in [3.8, 4) is 34.5 Å². The Morgan fingerprint density at radius 1 is 0.354 bits per heavy atom. The number of para-hydroxylation sites is 5. The van der Waals surface area contributed by atoms with E-state index in [4.69, 9.17) is 19.9 Å². The van der Waals surface area contributed by atoms with Crippen molar-refractivity contribution in [2.24, 2.45) is 0 Å². The lowest BCUT2D eigenvalue weighted by atomic mass is 10.1. The Morgan fingerprint density at radius 2 is 0.833 bits per heavy atom. The molecule has 6 aromatic carbocycles. The van der Waals surface area contributed by atoms with Crippen LogP contribution >= 0.6 is 0 Å². The standard InChI is InChI=1S/C42H26N6/c1-6-19-34-27(12-1)24-25-35(43-34)28-13-11-14-29(26-28)40-44-41(47-36-20-7-2-15-30(36)31-16-3-8-21-37(31)47)46-42(45-40)48-38-22-9-4-17-32(38)33-18-5-10-23-39(33)48/h1-26H. The summed E-state index contributed by atoms with van der Waals surface area (Å²) in [5, 5.41) is 5.72. The fourth-order valence-electron chi connectivity index (χ4n) is 7.00. The van der Waals surface area contributed by atoms with E-state index in [0.29, 0.717) is 17.7 Å². The highest BCUT2D eigenvalue weighted by Gasteiger charge is 2.20. The number of hydrogen-bond donors (Lipinski definition) is 0. The van der Waals surface area contributed by atoms with Gasteiger partial charge in [0.05, 0.1) is 33.3 Å². The molecule has 0 radical (unpaired) electrons. The van der Waals surface area contributed by atoms with Gasteiger partial charge >= 0.3 is 0 Å². The highest BCUT2D eigenvalue weighted by Crippen LogP contribution is 2.34. The average molecular weight is 615 g/mol. The van der Waals surface area contributed by atoms with Crippen molar-refractivity contribution in [2.75, 3.05) is 0 Å². The zero-order valence-electron chi connectivity index (χ0n) is 25.7. The van der Waals surface area contributed by atoms with Crippen molar-refractivity contribution >= 4 is 54.5 Å². The molecule has 0 aliphatic rings. The molecular weight excluding hydrogens is 589 g/mol. The Kier molecular flexibility index (Phi) is 5.77. The summed E-state index contributed by atoms with van der Waals surface area (Å²) in [7, 11) is 0. The van der Waals surface area contributed by atoms with Crippen molar-refractivity contribution in [3.63, 3.8) is 0 Å². The summed E-state index contributed by atoms with van der Waals surface area (Å²) in [4.78, 5) is 20.6. The molecule has 0 spiro atoms. The van der Waals surface area contributed by atoms with Gasteiger partial charge in [-0.2, -0.15) is 15.0 Å². The monoisotopic (exact) mass is 614 g/mol. The topological polar surface area (TPSA) is 61.4 Å². The summed E-state index contributed by atoms with van der Waals surface area (Å²) in [6.07, 6.45) is 0. The van der Waals surface area contributed by atoms with Gasteiger partial charge in [0.15, 0.2) is 5.82 Å². The molecule has 10 aromatic rings. The van der Waals surface area contributed by atoms with Crippen LogP contribution in [0.5, 0.6) is 0 Å². The van der Waals surface area contributed by atoms with Crippen LogP contribution in [0.1, 0.15) is 0 Å². The first-order valence-electron chi connectivity index (χ1n) is 16.0. The van der Waals surface area contributed by atoms with E-state index >= 15 is 0 Å². The fraction of sp³-hybridized carbons (Fsp3) is 0. The maximum Gasteiger partial charge on any atom is 0.240 e. The van der Waals surface area contributed by atoms with Crippen LogP contribution in [-0.4, -0.2) is 29.1 Å². The Bertz CT molecular complexity index is 2620. The number of hydrogen-bond acceptors (Lipinski definition) is 4. The molecule has 0 unspecified atom stereocenters. The molecular formula is C42H26N6. The van der Waals surface area contributed by atoms with Gasteiger partial charge in [0, 0.05) is 38.1 Å². The minimum Gasteiger partial charge on any atom is -0.278 e. The van der Waals surface area contributed by atoms with Gasteiger partial charge in [0.2, 0.25) is 11.9 Å². The van der Waals surface area contributed by atoms with Gasteiger partial charge in [-0.05, 0) is 42.5 Å². The molecule has 0 fully saturated rings. The smallest absolute Gasteiger partial charge is 0.240 e. The second-order valence-corrected chi connectivity index (χ2v) is 12.0. The average Bonchev–Trinajstić information content (AvgIpc) is 3.68. The van der Waals surface area contributed by atoms with Crippen LogP contribution in [0, 0.1) is 0 Å². The van der Waals surface area contributed by atoms with Crippen LogP contribution in [0.3, 0.4) is 0 Å². The Balaban J connectivity index is 1.26. The number of fused-ring (bicyclic) bond motifs is 7. The van der Waals surface area contributed by atoms with E-state index in [1.54, 1.807) is 0 Å². The van der Waals surface area contributed by atoms with Crippen molar-refractivity contribution in [1.29, 1.82) is 0 Å². The molecule has 224 valence electrons. The molecule has 6 nitrogen and oxygen atoms in total. The van der Waals surface area contributed by atoms with E-state index in [1.165, 1.54) is 0 Å². The quantitative estimate of drug-likeness (QED) is 0.198. The van der Waals surface area contributed by atoms with Gasteiger partial charge in [0.25, 0.3) is 0 Å². The fourth-order valence-corrected chi connectivity index (χ4v) is 7.00. The molecule has 4 heterocycles. The maximum atomic E-state index is 5.25. The van der Waals surface area contributed by atoms with Crippen LogP contribution in [0.2, 0.25) is 0 Å². The molecule has 6 heteroatoms. The van der Waals surface area contributed by atoms with Gasteiger partial charge in [-0.15, -0.1) is 0 Å². The zero-order valence-corrected chi connectivity index (χ0v) is 25.7. The van der Waals surface area contributed by atoms with Gasteiger partial charge in [0.1, 0.15) is 0 Å². The van der Waals surface area contributed by atoms with Gasteiger partial charge in [-0.1, -0.05) is 115 Å². The first kappa shape index (κ1) is 26.5. The number of pyridine rings is 1. The normalized spacial score (nSPS) is 11.8. The van der Waals surface area contributed by atoms with Crippen LogP contribution in [0.15, 0.2) is 158 Å². The van der Waals surface area contributed by atoms with Gasteiger partial charge < -0.3 is 0 Å². The molecule has 0 bridgehead atoms. The summed E-state index contributed by atoms with van der Waals surface area (Å²) >= 11 is 0. The summed E-state index contributed by atoms with van der Waals surface area (Å²) in [5.74, 6) is 1.70. The lowest BCUT2D eigenvalue weighted by molar-refractivity contribution is 0.893. The van der Waals surface area contributed by atoms with Crippen LogP contribution < -0.4 is 0 Å². The molecule has 0 aliphatic heterocycles. The van der Waals surface area contributed by atoms with E-state index in [1.807, 2.05) is 24.3 Å². The van der Waals surface area contributed by atoms with E-state index in [0.717, 1.165) is 71.3 Å². The van der Waals surface area contributed by atoms with Crippen LogP contribution in [-0.2, 0) is 0 Å². The summed E-state index contributed by atoms with van der Waals surface area (Å²) in [6.45, 7) is 0. The maximum absolute atomic E-state index is 5.25. The first-order valence-corrected chi connectivity index (χ1v) is 16.0. The molecule has 0 aliphatic carbocycles. The SMILES string of the molecule is c1cc(-c2ccc3ccccc3n2)cc(-c2nc(-n3c4ccccc4c4ccccc43)nc(-n3c4ccccc4c4ccccc43)n2)c1. The van der Waals surface area contributed by atoms with E-state index in [-0.39, 0.29) is 0 Å². The molecule has 4 aromatic heterocycles. The highest BCUT2D eigenvalue weighted by atomic mass is 15.3. The molecule has 0 atom stereocenters. The summed E-state index contributed by atoms with van der Waals surface area (Å²) in [6, 6.07) is 54.4. The van der Waals surface area contributed by atoms with Crippen molar-refractivity contribution < 1.29 is 0 Å². The predicted octanol–water partition coefficient (Wildman–Crippen LogP) is 9.95. The molecule has 0 amide bonds. The van der Waals surface area contributed by atoms with E-state index < -0.39 is 0 Å². The first-order chi connectivity index (χ1) is 23.8. The third kappa shape index (κ3) is 4.06. The number of rotatable bonds is 4. The second-order valence-electron chi connectivity index (χ2n) is 12.0. The largest absolute Gasteiger partial charge is 0.278 e. The molecule has 10 rings (SSSR count). The molecule has 0 saturated carbocycles. The number of nitrogens with zero attached hydrogens (tertiary/aromatic N) is 6. The third-order valence-electron chi connectivity index (χ3n) is 9.19. The lowest BCUT2D eigenvalue weighted by Gasteiger charge is -2.13. The van der Waals surface area contributed by atoms with E-state index in [2.05, 4.69) is 143 Å². The zero-order chi connectivity index (χ0) is 31.6. The second kappa shape index (κ2) is 10.4. The van der Waals surface area contributed by atoms with Crippen molar-refractivity contribution in [2.45, 2.75) is 0 Å². The molecule has 0 N–H and O–H groups in total. The third-order valence-corrected chi connectivity index (χ3v) is 9.19. The summed E-state index contributed by atoms with van der Waals surface area (Å²) < 4.78 is 4.31. The van der Waals surface area contributed by atoms with E-state index in [9.17, 15) is 0 Å². The lowest BCUT2D eigenvalue weighted by Crippen LogP contribution is -2.10. The minimum absolute atomic E-state index is 0.559. The van der Waals surface area contributed by atoms with Crippen LogP contribution in [0.25, 0.3) is 89.1 Å².